The monoisotopic (exact) mass is 317 g/mol. The molecule has 118 valence electrons. The second-order valence-electron chi connectivity index (χ2n) is 5.62. The number of urea groups is 1. The molecule has 1 aliphatic rings. The summed E-state index contributed by atoms with van der Waals surface area (Å²) < 4.78 is 0. The average molecular weight is 317 g/mol. The summed E-state index contributed by atoms with van der Waals surface area (Å²) in [6.07, 6.45) is 3.77. The van der Waals surface area contributed by atoms with E-state index >= 15 is 0 Å². The van der Waals surface area contributed by atoms with Crippen LogP contribution in [-0.2, 0) is 6.42 Å². The van der Waals surface area contributed by atoms with E-state index in [4.69, 9.17) is 5.26 Å². The van der Waals surface area contributed by atoms with Gasteiger partial charge >= 0.3 is 6.03 Å². The number of carbonyl (C=O) groups is 1. The molecular weight excluding hydrogens is 294 g/mol. The third kappa shape index (κ3) is 4.41. The molecule has 22 heavy (non-hydrogen) atoms. The number of anilines is 1. The molecule has 0 aliphatic heterocycles. The lowest BCUT2D eigenvalue weighted by Gasteiger charge is -2.25. The van der Waals surface area contributed by atoms with E-state index in [1.165, 1.54) is 6.42 Å². The van der Waals surface area contributed by atoms with Crippen LogP contribution in [0.4, 0.5) is 10.5 Å². The molecule has 0 aromatic heterocycles. The number of benzene rings is 1. The molecule has 0 unspecified atom stereocenters. The van der Waals surface area contributed by atoms with Crippen molar-refractivity contribution in [2.75, 3.05) is 18.1 Å². The van der Waals surface area contributed by atoms with Gasteiger partial charge in [0.25, 0.3) is 0 Å². The maximum absolute atomic E-state index is 12.3. The Morgan fingerprint density at radius 3 is 2.77 bits per heavy atom. The molecule has 0 heterocycles. The summed E-state index contributed by atoms with van der Waals surface area (Å²) in [4.78, 5) is 14.2. The first-order chi connectivity index (χ1) is 10.6. The van der Waals surface area contributed by atoms with Gasteiger partial charge in [0.15, 0.2) is 0 Å². The lowest BCUT2D eigenvalue weighted by molar-refractivity contribution is 0.205. The Hall–Kier alpha value is -1.67. The minimum Gasteiger partial charge on any atom is -0.325 e. The summed E-state index contributed by atoms with van der Waals surface area (Å²) in [6.45, 7) is 2.18. The van der Waals surface area contributed by atoms with Gasteiger partial charge in [0.05, 0.1) is 12.5 Å². The van der Waals surface area contributed by atoms with Crippen molar-refractivity contribution in [3.8, 4) is 6.07 Å². The van der Waals surface area contributed by atoms with Gasteiger partial charge in [0, 0.05) is 24.0 Å². The van der Waals surface area contributed by atoms with Gasteiger partial charge in [-0.3, -0.25) is 0 Å². The van der Waals surface area contributed by atoms with Gasteiger partial charge in [-0.15, -0.1) is 0 Å². The summed E-state index contributed by atoms with van der Waals surface area (Å²) in [5, 5.41) is 12.3. The van der Waals surface area contributed by atoms with Crippen LogP contribution in [0.5, 0.6) is 0 Å². The summed E-state index contributed by atoms with van der Waals surface area (Å²) >= 11 is 2.00. The molecule has 2 atom stereocenters. The maximum Gasteiger partial charge on any atom is 0.321 e. The first kappa shape index (κ1) is 16.7. The largest absolute Gasteiger partial charge is 0.325 e. The number of nitrogens with one attached hydrogen (secondary N) is 1. The molecule has 0 saturated heterocycles. The van der Waals surface area contributed by atoms with Crippen LogP contribution in [0.15, 0.2) is 24.3 Å². The number of thioether (sulfide) groups is 1. The van der Waals surface area contributed by atoms with E-state index in [0.717, 1.165) is 29.8 Å². The van der Waals surface area contributed by atoms with Crippen molar-refractivity contribution in [2.24, 2.45) is 0 Å². The van der Waals surface area contributed by atoms with Crippen LogP contribution in [0.1, 0.15) is 31.7 Å². The van der Waals surface area contributed by atoms with Crippen LogP contribution in [0.3, 0.4) is 0 Å². The number of amides is 2. The van der Waals surface area contributed by atoms with Gasteiger partial charge in [0.2, 0.25) is 0 Å². The zero-order valence-electron chi connectivity index (χ0n) is 13.2. The van der Waals surface area contributed by atoms with Crippen LogP contribution in [0, 0.1) is 11.3 Å². The van der Waals surface area contributed by atoms with Gasteiger partial charge in [0.1, 0.15) is 0 Å². The van der Waals surface area contributed by atoms with E-state index in [1.807, 2.05) is 48.0 Å². The summed E-state index contributed by atoms with van der Waals surface area (Å²) in [5.74, 6) is 1.14. The van der Waals surface area contributed by atoms with Crippen molar-refractivity contribution in [3.63, 3.8) is 0 Å². The summed E-state index contributed by atoms with van der Waals surface area (Å²) in [7, 11) is 1.88. The first-order valence-corrected chi connectivity index (χ1v) is 8.80. The van der Waals surface area contributed by atoms with E-state index in [2.05, 4.69) is 18.3 Å². The van der Waals surface area contributed by atoms with E-state index in [-0.39, 0.29) is 6.03 Å². The minimum absolute atomic E-state index is 0.0554. The molecule has 5 heteroatoms. The molecule has 0 spiro atoms. The standard InChI is InChI=1S/C17H23N3OS/c1-3-22-16-9-8-15(12-16)20(2)17(21)19-14-6-4-13(5-7-14)10-11-18/h4-7,15-16H,3,8-10,12H2,1-2H3,(H,19,21)/t15-,16-/m0/s1. The lowest BCUT2D eigenvalue weighted by atomic mass is 10.1. The van der Waals surface area contributed by atoms with Crippen molar-refractivity contribution in [2.45, 2.75) is 43.9 Å². The van der Waals surface area contributed by atoms with Crippen LogP contribution < -0.4 is 5.32 Å². The maximum atomic E-state index is 12.3. The summed E-state index contributed by atoms with van der Waals surface area (Å²) in [6, 6.07) is 9.85. The normalized spacial score (nSPS) is 20.4. The Kier molecular flexibility index (Phi) is 6.14. The number of hydrogen-bond donors (Lipinski definition) is 1. The van der Waals surface area contributed by atoms with Crippen molar-refractivity contribution in [1.82, 2.24) is 4.90 Å². The Morgan fingerprint density at radius 2 is 2.14 bits per heavy atom. The fraction of sp³-hybridized carbons (Fsp3) is 0.529. The minimum atomic E-state index is -0.0554. The van der Waals surface area contributed by atoms with Crippen molar-refractivity contribution in [1.29, 1.82) is 5.26 Å². The SMILES string of the molecule is CCS[C@H]1CC[C@H](N(C)C(=O)Nc2ccc(CC#N)cc2)C1. The van der Waals surface area contributed by atoms with E-state index in [9.17, 15) is 4.79 Å². The lowest BCUT2D eigenvalue weighted by Crippen LogP contribution is -2.38. The van der Waals surface area contributed by atoms with E-state index in [1.54, 1.807) is 0 Å². The highest BCUT2D eigenvalue weighted by atomic mass is 32.2. The van der Waals surface area contributed by atoms with Crippen molar-refractivity contribution in [3.05, 3.63) is 29.8 Å². The summed E-state index contributed by atoms with van der Waals surface area (Å²) in [5.41, 5.74) is 1.74. The van der Waals surface area contributed by atoms with E-state index < -0.39 is 0 Å². The molecule has 0 radical (unpaired) electrons. The van der Waals surface area contributed by atoms with E-state index in [0.29, 0.717) is 17.7 Å². The predicted molar refractivity (Wildman–Crippen MR) is 92.1 cm³/mol. The Balaban J connectivity index is 1.87. The third-order valence-corrected chi connectivity index (χ3v) is 5.35. The zero-order valence-corrected chi connectivity index (χ0v) is 14.0. The van der Waals surface area contributed by atoms with Crippen molar-refractivity contribution < 1.29 is 4.79 Å². The number of carbonyl (C=O) groups excluding carboxylic acids is 1. The second kappa shape index (κ2) is 8.09. The Morgan fingerprint density at radius 1 is 1.41 bits per heavy atom. The fourth-order valence-corrected chi connectivity index (χ4v) is 3.96. The first-order valence-electron chi connectivity index (χ1n) is 7.75. The highest BCUT2D eigenvalue weighted by molar-refractivity contribution is 7.99. The van der Waals surface area contributed by atoms with Gasteiger partial charge in [-0.2, -0.15) is 17.0 Å². The Bertz CT molecular complexity index is 538. The zero-order chi connectivity index (χ0) is 15.9. The molecule has 1 aromatic rings. The predicted octanol–water partition coefficient (Wildman–Crippen LogP) is 3.89. The van der Waals surface area contributed by atoms with Crippen molar-refractivity contribution >= 4 is 23.5 Å². The molecule has 2 rings (SSSR count). The molecule has 1 aromatic carbocycles. The number of nitriles is 1. The van der Waals surface area contributed by atoms with Gasteiger partial charge in [-0.25, -0.2) is 4.79 Å². The molecule has 1 fully saturated rings. The molecule has 4 nitrogen and oxygen atoms in total. The van der Waals surface area contributed by atoms with Crippen LogP contribution in [0.25, 0.3) is 0 Å². The van der Waals surface area contributed by atoms with Crippen LogP contribution >= 0.6 is 11.8 Å². The molecular formula is C17H23N3OS. The quantitative estimate of drug-likeness (QED) is 0.896. The smallest absolute Gasteiger partial charge is 0.321 e. The topological polar surface area (TPSA) is 56.1 Å². The molecule has 2 amide bonds. The molecule has 1 aliphatic carbocycles. The average Bonchev–Trinajstić information content (AvgIpc) is 2.98. The number of hydrogen-bond acceptors (Lipinski definition) is 3. The van der Waals surface area contributed by atoms with Gasteiger partial charge < -0.3 is 10.2 Å². The fourth-order valence-electron chi connectivity index (χ4n) is 2.83. The third-order valence-electron chi connectivity index (χ3n) is 4.12. The van der Waals surface area contributed by atoms with Crippen LogP contribution in [0.2, 0.25) is 0 Å². The van der Waals surface area contributed by atoms with Crippen LogP contribution in [-0.4, -0.2) is 35.0 Å². The molecule has 1 saturated carbocycles. The molecule has 0 bridgehead atoms. The highest BCUT2D eigenvalue weighted by Gasteiger charge is 2.29. The second-order valence-corrected chi connectivity index (χ2v) is 7.19. The van der Waals surface area contributed by atoms with Gasteiger partial charge in [-0.05, 0) is 42.7 Å². The Labute approximate surface area is 136 Å². The highest BCUT2D eigenvalue weighted by Crippen LogP contribution is 2.32. The number of nitrogens with zero attached hydrogens (tertiary/aromatic N) is 2. The number of rotatable bonds is 5. The van der Waals surface area contributed by atoms with Gasteiger partial charge in [-0.1, -0.05) is 19.1 Å². The molecule has 1 N–H and O–H groups in total.